The Hall–Kier alpha value is -1.90. The maximum atomic E-state index is 5.75. The Morgan fingerprint density at radius 2 is 2.12 bits per heavy atom. The summed E-state index contributed by atoms with van der Waals surface area (Å²) in [6.07, 6.45) is 1.72. The van der Waals surface area contributed by atoms with Gasteiger partial charge in [0.05, 0.1) is 6.26 Å². The predicted octanol–water partition coefficient (Wildman–Crippen LogP) is 2.81. The van der Waals surface area contributed by atoms with Gasteiger partial charge in [-0.2, -0.15) is 0 Å². The number of benzene rings is 1. The number of furan rings is 1. The second kappa shape index (κ2) is 4.31. The zero-order valence-electron chi connectivity index (χ0n) is 9.60. The van der Waals surface area contributed by atoms with Gasteiger partial charge in [-0.05, 0) is 31.2 Å². The Kier molecular flexibility index (Phi) is 2.86. The van der Waals surface area contributed by atoms with Crippen LogP contribution in [0, 0.1) is 6.92 Å². The van der Waals surface area contributed by atoms with Gasteiger partial charge in [0.2, 0.25) is 0 Å². The third-order valence-electron chi connectivity index (χ3n) is 2.68. The van der Waals surface area contributed by atoms with E-state index < -0.39 is 0 Å². The highest BCUT2D eigenvalue weighted by Gasteiger charge is 2.06. The molecule has 1 aromatic heterocycles. The monoisotopic (exact) mass is 216 g/mol. The van der Waals surface area contributed by atoms with E-state index in [4.69, 9.17) is 10.2 Å². The summed E-state index contributed by atoms with van der Waals surface area (Å²) in [4.78, 5) is 2.15. The molecule has 2 aromatic rings. The maximum Gasteiger partial charge on any atom is 0.105 e. The first-order valence-electron chi connectivity index (χ1n) is 5.26. The number of nitrogens with two attached hydrogens (primary N) is 1. The van der Waals surface area contributed by atoms with Crippen LogP contribution in [0.4, 0.5) is 11.4 Å². The number of anilines is 2. The molecule has 0 aliphatic heterocycles. The molecule has 0 spiro atoms. The van der Waals surface area contributed by atoms with Crippen molar-refractivity contribution < 1.29 is 4.42 Å². The number of aryl methyl sites for hydroxylation is 1. The van der Waals surface area contributed by atoms with Crippen LogP contribution in [0.2, 0.25) is 0 Å². The van der Waals surface area contributed by atoms with Crippen molar-refractivity contribution in [3.8, 4) is 0 Å². The van der Waals surface area contributed by atoms with Gasteiger partial charge in [0.25, 0.3) is 0 Å². The van der Waals surface area contributed by atoms with E-state index in [2.05, 4.69) is 4.90 Å². The van der Waals surface area contributed by atoms with Crippen molar-refractivity contribution in [3.63, 3.8) is 0 Å². The lowest BCUT2D eigenvalue weighted by Gasteiger charge is -2.19. The minimum Gasteiger partial charge on any atom is -0.469 e. The summed E-state index contributed by atoms with van der Waals surface area (Å²) in [7, 11) is 2.04. The summed E-state index contributed by atoms with van der Waals surface area (Å²) in [5.74, 6) is 0.968. The molecule has 16 heavy (non-hydrogen) atoms. The van der Waals surface area contributed by atoms with Gasteiger partial charge in [0.1, 0.15) is 5.76 Å². The highest BCUT2D eigenvalue weighted by atomic mass is 16.3. The van der Waals surface area contributed by atoms with E-state index in [-0.39, 0.29) is 0 Å². The largest absolute Gasteiger partial charge is 0.469 e. The molecule has 0 unspecified atom stereocenters. The summed E-state index contributed by atoms with van der Waals surface area (Å²) < 4.78 is 5.27. The van der Waals surface area contributed by atoms with Gasteiger partial charge in [-0.25, -0.2) is 0 Å². The van der Waals surface area contributed by atoms with Crippen molar-refractivity contribution in [2.75, 3.05) is 17.7 Å². The predicted molar refractivity (Wildman–Crippen MR) is 66.4 cm³/mol. The molecule has 1 aromatic carbocycles. The number of rotatable bonds is 3. The number of nitrogens with zero attached hydrogens (tertiary/aromatic N) is 1. The molecule has 3 nitrogen and oxygen atoms in total. The van der Waals surface area contributed by atoms with Crippen molar-refractivity contribution in [1.82, 2.24) is 0 Å². The van der Waals surface area contributed by atoms with E-state index in [1.807, 2.05) is 44.3 Å². The molecule has 0 aliphatic carbocycles. The zero-order chi connectivity index (χ0) is 11.5. The van der Waals surface area contributed by atoms with Gasteiger partial charge >= 0.3 is 0 Å². The molecule has 0 bridgehead atoms. The van der Waals surface area contributed by atoms with Gasteiger partial charge in [-0.15, -0.1) is 0 Å². The average Bonchev–Trinajstić information content (AvgIpc) is 2.64. The van der Waals surface area contributed by atoms with Gasteiger partial charge in [0.15, 0.2) is 0 Å². The van der Waals surface area contributed by atoms with Crippen LogP contribution in [-0.2, 0) is 6.54 Å². The Bertz CT molecular complexity index is 476. The van der Waals surface area contributed by atoms with Crippen LogP contribution >= 0.6 is 0 Å². The molecule has 0 atom stereocenters. The van der Waals surface area contributed by atoms with E-state index in [0.29, 0.717) is 0 Å². The van der Waals surface area contributed by atoms with Gasteiger partial charge in [0, 0.05) is 30.5 Å². The van der Waals surface area contributed by atoms with Crippen LogP contribution in [0.15, 0.2) is 41.0 Å². The van der Waals surface area contributed by atoms with Gasteiger partial charge in [-0.3, -0.25) is 0 Å². The average molecular weight is 216 g/mol. The Morgan fingerprint density at radius 1 is 1.31 bits per heavy atom. The molecular weight excluding hydrogens is 200 g/mol. The van der Waals surface area contributed by atoms with E-state index in [9.17, 15) is 0 Å². The number of hydrogen-bond donors (Lipinski definition) is 1. The number of nitrogen functional groups attached to an aromatic ring is 1. The van der Waals surface area contributed by atoms with Crippen LogP contribution in [0.25, 0.3) is 0 Å². The fourth-order valence-electron chi connectivity index (χ4n) is 1.68. The third kappa shape index (κ3) is 2.19. The van der Waals surface area contributed by atoms with Gasteiger partial charge in [-0.1, -0.05) is 6.07 Å². The van der Waals surface area contributed by atoms with E-state index >= 15 is 0 Å². The van der Waals surface area contributed by atoms with Crippen LogP contribution in [0.3, 0.4) is 0 Å². The topological polar surface area (TPSA) is 42.4 Å². The van der Waals surface area contributed by atoms with Gasteiger partial charge < -0.3 is 15.1 Å². The minimum atomic E-state index is 0.785. The van der Waals surface area contributed by atoms with Crippen LogP contribution in [-0.4, -0.2) is 7.05 Å². The molecule has 2 rings (SSSR count). The third-order valence-corrected chi connectivity index (χ3v) is 2.68. The van der Waals surface area contributed by atoms with Crippen molar-refractivity contribution in [2.45, 2.75) is 13.5 Å². The summed E-state index contributed by atoms with van der Waals surface area (Å²) in [6.45, 7) is 2.80. The molecule has 84 valence electrons. The van der Waals surface area contributed by atoms with Crippen molar-refractivity contribution in [3.05, 3.63) is 47.9 Å². The molecule has 2 N–H and O–H groups in total. The Morgan fingerprint density at radius 3 is 2.75 bits per heavy atom. The minimum absolute atomic E-state index is 0.785. The first-order valence-corrected chi connectivity index (χ1v) is 5.26. The summed E-state index contributed by atoms with van der Waals surface area (Å²) in [5, 5.41) is 0. The molecule has 0 saturated carbocycles. The van der Waals surface area contributed by atoms with Crippen LogP contribution in [0.5, 0.6) is 0 Å². The molecular formula is C13H16N2O. The molecule has 0 fully saturated rings. The SMILES string of the molecule is Cc1occc1CN(C)c1cccc(N)c1. The van der Waals surface area contributed by atoms with Crippen LogP contribution < -0.4 is 10.6 Å². The zero-order valence-corrected chi connectivity index (χ0v) is 9.60. The molecule has 0 radical (unpaired) electrons. The summed E-state index contributed by atoms with van der Waals surface area (Å²) in [5.41, 5.74) is 8.85. The molecule has 1 heterocycles. The summed E-state index contributed by atoms with van der Waals surface area (Å²) in [6, 6.07) is 9.86. The van der Waals surface area contributed by atoms with E-state index in [1.54, 1.807) is 6.26 Å². The highest BCUT2D eigenvalue weighted by Crippen LogP contribution is 2.19. The quantitative estimate of drug-likeness (QED) is 0.802. The lowest BCUT2D eigenvalue weighted by Crippen LogP contribution is -2.16. The van der Waals surface area contributed by atoms with E-state index in [1.165, 1.54) is 5.56 Å². The maximum absolute atomic E-state index is 5.75. The fourth-order valence-corrected chi connectivity index (χ4v) is 1.68. The van der Waals surface area contributed by atoms with Crippen LogP contribution in [0.1, 0.15) is 11.3 Å². The highest BCUT2D eigenvalue weighted by molar-refractivity contribution is 5.55. The standard InChI is InChI=1S/C13H16N2O/c1-10-11(6-7-16-10)9-15(2)13-5-3-4-12(14)8-13/h3-8H,9,14H2,1-2H3. The normalized spacial score (nSPS) is 10.4. The Balaban J connectivity index is 2.14. The second-order valence-corrected chi connectivity index (χ2v) is 3.95. The fraction of sp³-hybridized carbons (Fsp3) is 0.231. The molecule has 0 aliphatic rings. The lowest BCUT2D eigenvalue weighted by atomic mass is 10.2. The van der Waals surface area contributed by atoms with Crippen molar-refractivity contribution >= 4 is 11.4 Å². The Labute approximate surface area is 95.5 Å². The summed E-state index contributed by atoms with van der Waals surface area (Å²) >= 11 is 0. The molecule has 3 heteroatoms. The van der Waals surface area contributed by atoms with Crippen molar-refractivity contribution in [1.29, 1.82) is 0 Å². The second-order valence-electron chi connectivity index (χ2n) is 3.95. The van der Waals surface area contributed by atoms with Crippen molar-refractivity contribution in [2.24, 2.45) is 0 Å². The first kappa shape index (κ1) is 10.6. The molecule has 0 amide bonds. The first-order chi connectivity index (χ1) is 7.66. The van der Waals surface area contributed by atoms with E-state index in [0.717, 1.165) is 23.7 Å². The molecule has 0 saturated heterocycles. The lowest BCUT2D eigenvalue weighted by molar-refractivity contribution is 0.529. The smallest absolute Gasteiger partial charge is 0.105 e. The number of hydrogen-bond acceptors (Lipinski definition) is 3.